The van der Waals surface area contributed by atoms with Crippen LogP contribution in [0.4, 0.5) is 96.6 Å². The van der Waals surface area contributed by atoms with E-state index < -0.39 is 59.3 Å². The molecule has 0 heterocycles. The van der Waals surface area contributed by atoms with Crippen molar-refractivity contribution < 1.29 is 118 Å². The van der Waals surface area contributed by atoms with Crippen LogP contribution in [0.3, 0.4) is 0 Å². The zero-order chi connectivity index (χ0) is 27.0. The summed E-state index contributed by atoms with van der Waals surface area (Å²) in [6.45, 7) is 0. The number of hydrogen-bond acceptors (Lipinski definition) is 0. The van der Waals surface area contributed by atoms with E-state index >= 15 is 0 Å². The first-order valence-corrected chi connectivity index (χ1v) is 6.30. The first-order chi connectivity index (χ1) is 13.2. The third kappa shape index (κ3) is 4.04. The van der Waals surface area contributed by atoms with Crippen molar-refractivity contribution >= 4 is 0 Å². The molecule has 0 rings (SSSR count). The summed E-state index contributed by atoms with van der Waals surface area (Å²) in [6, 6.07) is -9.66. The van der Waals surface area contributed by atoms with Crippen LogP contribution in [0.25, 0.3) is 0 Å². The standard InChI is InChI=1S/C9F22N.BrH/c10-1(11,3(14,15)5(18,19)20)2(12,13)4(16,17)6(21,22)32(7(23,24)25,8(26,27)28)9(29,30)31;/h;1H/q+1;/p-1. The van der Waals surface area contributed by atoms with E-state index in [0.717, 1.165) is 0 Å². The lowest BCUT2D eigenvalue weighted by Gasteiger charge is -2.47. The second kappa shape index (κ2) is 7.96. The maximum atomic E-state index is 13.4. The lowest BCUT2D eigenvalue weighted by atomic mass is 9.95. The van der Waals surface area contributed by atoms with Gasteiger partial charge < -0.3 is 17.0 Å². The van der Waals surface area contributed by atoms with E-state index in [0.29, 0.717) is 0 Å². The highest BCUT2D eigenvalue weighted by Crippen LogP contribution is 2.67. The second-order valence-corrected chi connectivity index (χ2v) is 5.41. The molecule has 0 spiro atoms. The van der Waals surface area contributed by atoms with Crippen molar-refractivity contribution in [2.45, 2.75) is 54.8 Å². The van der Waals surface area contributed by atoms with Gasteiger partial charge in [-0.15, -0.1) is 48.3 Å². The summed E-state index contributed by atoms with van der Waals surface area (Å²) in [6.07, 6.45) is -34.8. The molecule has 0 N–H and O–H groups in total. The monoisotopic (exact) mass is 619 g/mol. The van der Waals surface area contributed by atoms with E-state index in [1.54, 1.807) is 0 Å². The Balaban J connectivity index is 0. The van der Waals surface area contributed by atoms with Gasteiger partial charge in [-0.05, 0) is 0 Å². The number of rotatable bonds is 5. The Morgan fingerprint density at radius 3 is 0.697 bits per heavy atom. The first-order valence-electron chi connectivity index (χ1n) is 6.30. The van der Waals surface area contributed by atoms with E-state index in [1.165, 1.54) is 0 Å². The Morgan fingerprint density at radius 1 is 0.303 bits per heavy atom. The van der Waals surface area contributed by atoms with Crippen LogP contribution in [-0.4, -0.2) is 59.3 Å². The average Bonchev–Trinajstić information content (AvgIpc) is 2.39. The van der Waals surface area contributed by atoms with Crippen molar-refractivity contribution in [2.24, 2.45) is 0 Å². The molecule has 1 nitrogen and oxygen atoms in total. The molecule has 0 aromatic heterocycles. The fourth-order valence-corrected chi connectivity index (χ4v) is 1.88. The fraction of sp³-hybridized carbons (Fsp3) is 1.00. The Bertz CT molecular complexity index is 653. The quantitative estimate of drug-likeness (QED) is 0.248. The molecular formula is C9BrF22N. The molecule has 0 amide bonds. The van der Waals surface area contributed by atoms with Crippen molar-refractivity contribution in [2.75, 3.05) is 0 Å². The Labute approximate surface area is 174 Å². The topological polar surface area (TPSA) is 0 Å². The maximum absolute atomic E-state index is 13.4. The van der Waals surface area contributed by atoms with E-state index in [2.05, 4.69) is 0 Å². The lowest BCUT2D eigenvalue weighted by molar-refractivity contribution is -1.22. The van der Waals surface area contributed by atoms with Gasteiger partial charge in [-0.2, -0.15) is 48.3 Å². The molecule has 0 unspecified atom stereocenters. The number of quaternary nitrogens is 1. The third-order valence-corrected chi connectivity index (χ3v) is 3.48. The largest absolute Gasteiger partial charge is 1.00 e. The van der Waals surface area contributed by atoms with Gasteiger partial charge in [0.1, 0.15) is 0 Å². The van der Waals surface area contributed by atoms with Gasteiger partial charge in [0.05, 0.1) is 0 Å². The van der Waals surface area contributed by atoms with Gasteiger partial charge in [-0.3, -0.25) is 0 Å². The SMILES string of the molecule is FC(F)(F)C(F)(F)C(F)(F)C(F)(F)C(F)(F)C(F)(F)[N+](C(F)(F)F)(C(F)(F)F)C(F)(F)F.[Br-]. The molecule has 0 aliphatic rings. The number of halogens is 23. The predicted molar refractivity (Wildman–Crippen MR) is 49.2 cm³/mol. The van der Waals surface area contributed by atoms with Crippen LogP contribution >= 0.6 is 0 Å². The minimum atomic E-state index is -9.66. The van der Waals surface area contributed by atoms with Crippen molar-refractivity contribution in [1.82, 2.24) is 0 Å². The Hall–Kier alpha value is -1.10. The molecule has 0 saturated heterocycles. The van der Waals surface area contributed by atoms with Gasteiger partial charge in [0.15, 0.2) is 0 Å². The molecule has 202 valence electrons. The van der Waals surface area contributed by atoms with Gasteiger partial charge in [-0.1, -0.05) is 0 Å². The average molecular weight is 620 g/mol. The second-order valence-electron chi connectivity index (χ2n) is 5.41. The Kier molecular flexibility index (Phi) is 8.22. The van der Waals surface area contributed by atoms with Crippen LogP contribution in [0.1, 0.15) is 0 Å². The van der Waals surface area contributed by atoms with Gasteiger partial charge in [-0.25, -0.2) is 0 Å². The Morgan fingerprint density at radius 2 is 0.515 bits per heavy atom. The third-order valence-electron chi connectivity index (χ3n) is 3.48. The van der Waals surface area contributed by atoms with E-state index in [9.17, 15) is 96.6 Å². The van der Waals surface area contributed by atoms with Gasteiger partial charge in [0.25, 0.3) is 0 Å². The predicted octanol–water partition coefficient (Wildman–Crippen LogP) is 4.06. The van der Waals surface area contributed by atoms with E-state index in [4.69, 9.17) is 0 Å². The van der Waals surface area contributed by atoms with Gasteiger partial charge in [0.2, 0.25) is 0 Å². The summed E-state index contributed by atoms with van der Waals surface area (Å²) in [5.74, 6) is -36.5. The summed E-state index contributed by atoms with van der Waals surface area (Å²) < 4.78 is 270. The molecule has 0 aliphatic carbocycles. The van der Waals surface area contributed by atoms with Gasteiger partial charge in [0, 0.05) is 4.48 Å². The van der Waals surface area contributed by atoms with Crippen molar-refractivity contribution in [3.05, 3.63) is 0 Å². The van der Waals surface area contributed by atoms with Crippen LogP contribution in [0.5, 0.6) is 0 Å². The molecule has 24 heteroatoms. The normalized spacial score (nSPS) is 16.5. The molecule has 0 atom stereocenters. The highest BCUT2D eigenvalue weighted by atomic mass is 79.9. The molecule has 0 aromatic rings. The fourth-order valence-electron chi connectivity index (χ4n) is 1.88. The van der Waals surface area contributed by atoms with E-state index in [1.807, 2.05) is 0 Å². The van der Waals surface area contributed by atoms with Crippen LogP contribution in [0.15, 0.2) is 0 Å². The summed E-state index contributed by atoms with van der Waals surface area (Å²) in [4.78, 5) is 0. The minimum absolute atomic E-state index is 0. The molecule has 0 bridgehead atoms. The summed E-state index contributed by atoms with van der Waals surface area (Å²) in [5, 5.41) is 0. The minimum Gasteiger partial charge on any atom is -1.00 e. The van der Waals surface area contributed by atoms with Gasteiger partial charge >= 0.3 is 54.8 Å². The zero-order valence-electron chi connectivity index (χ0n) is 13.6. The molecule has 0 saturated carbocycles. The van der Waals surface area contributed by atoms with Crippen LogP contribution < -0.4 is 17.0 Å². The van der Waals surface area contributed by atoms with Crippen LogP contribution in [0.2, 0.25) is 0 Å². The summed E-state index contributed by atoms with van der Waals surface area (Å²) in [7, 11) is 0. The lowest BCUT2D eigenvalue weighted by Crippen LogP contribution is -3.00. The van der Waals surface area contributed by atoms with E-state index in [-0.39, 0.29) is 17.0 Å². The highest BCUT2D eigenvalue weighted by molar-refractivity contribution is 5.09. The van der Waals surface area contributed by atoms with Crippen molar-refractivity contribution in [3.8, 4) is 0 Å². The van der Waals surface area contributed by atoms with Crippen molar-refractivity contribution in [1.29, 1.82) is 0 Å². The molecule has 0 aliphatic heterocycles. The molecule has 0 fully saturated rings. The number of alkyl halides is 22. The van der Waals surface area contributed by atoms with Crippen LogP contribution in [-0.2, 0) is 0 Å². The molecular weight excluding hydrogens is 620 g/mol. The molecule has 0 radical (unpaired) electrons. The zero-order valence-corrected chi connectivity index (χ0v) is 15.2. The summed E-state index contributed by atoms with van der Waals surface area (Å²) in [5.41, 5.74) is 0. The molecule has 0 aromatic carbocycles. The molecule has 33 heavy (non-hydrogen) atoms. The maximum Gasteiger partial charge on any atom is 0.581 e. The number of hydrogen-bond donors (Lipinski definition) is 0. The number of nitrogens with zero attached hydrogens (tertiary/aromatic N) is 1. The highest BCUT2D eigenvalue weighted by Gasteiger charge is 3.04. The van der Waals surface area contributed by atoms with Crippen molar-refractivity contribution in [3.63, 3.8) is 0 Å². The summed E-state index contributed by atoms with van der Waals surface area (Å²) >= 11 is 0. The first kappa shape index (κ1) is 34.1. The van der Waals surface area contributed by atoms with Crippen LogP contribution in [0, 0.1) is 0 Å². The smallest absolute Gasteiger partial charge is 0.581 e.